The number of aliphatic imine (C=N–C) groups is 4. The Morgan fingerprint density at radius 3 is 0.943 bits per heavy atom. The molecule has 4 heterocycles. The molecule has 0 aromatic carbocycles. The predicted molar refractivity (Wildman–Crippen MR) is 564 cm³/mol. The lowest BCUT2D eigenvalue weighted by Gasteiger charge is -2.56. The summed E-state index contributed by atoms with van der Waals surface area (Å²) in [6, 6.07) is 2.13. The molecule has 13 saturated carbocycles. The fourth-order valence-electron chi connectivity index (χ4n) is 38.7. The number of aliphatic hydroxyl groups excluding tert-OH is 4. The highest BCUT2D eigenvalue weighted by Crippen LogP contribution is 2.76. The van der Waals surface area contributed by atoms with E-state index in [1.54, 1.807) is 0 Å². The molecule has 20 heteroatoms. The number of Topliss-reactive ketones (excluding diaryl/α,β-unsaturated/α-hetero) is 4. The van der Waals surface area contributed by atoms with Crippen LogP contribution >= 0.6 is 0 Å². The molecule has 21 rings (SSSR count). The number of allylic oxidation sites excluding steroid dienone is 4. The third-order valence-corrected chi connectivity index (χ3v) is 48.7. The first-order valence-electron chi connectivity index (χ1n) is 57.3. The summed E-state index contributed by atoms with van der Waals surface area (Å²) in [5.41, 5.74) is 5.24. The average Bonchev–Trinajstić information content (AvgIpc) is 1.54. The molecule has 4 aliphatic heterocycles. The van der Waals surface area contributed by atoms with E-state index in [9.17, 15) is 39.6 Å². The van der Waals surface area contributed by atoms with Crippen LogP contribution in [-0.2, 0) is 38.1 Å². The Kier molecular flexibility index (Phi) is 28.8. The summed E-state index contributed by atoms with van der Waals surface area (Å²) in [5.74, 6) is 10.3. The highest BCUT2D eigenvalue weighted by Gasteiger charge is 2.74. The molecule has 13 fully saturated rings. The van der Waals surface area contributed by atoms with Gasteiger partial charge < -0.3 is 59.0 Å². The minimum absolute atomic E-state index is 0.00104. The lowest BCUT2D eigenvalue weighted by molar-refractivity contribution is -0.148. The molecular weight excluding hydrogens is 1760 g/mol. The highest BCUT2D eigenvalue weighted by molar-refractivity contribution is 5.87. The first-order valence-corrected chi connectivity index (χ1v) is 57.3. The summed E-state index contributed by atoms with van der Waals surface area (Å²) in [4.78, 5) is 84.9. The number of carbonyl (C=O) groups is 4. The molecule has 21 aliphatic rings. The maximum absolute atomic E-state index is 14.0. The van der Waals surface area contributed by atoms with Crippen LogP contribution in [0.1, 0.15) is 338 Å². The average molecular weight is 1950 g/mol. The summed E-state index contributed by atoms with van der Waals surface area (Å²) in [7, 11) is 16.8. The molecule has 0 amide bonds. The molecule has 41 atom stereocenters. The van der Waals surface area contributed by atoms with Crippen LogP contribution in [-0.4, -0.2) is 242 Å². The Hall–Kier alpha value is -4.80. The van der Waals surface area contributed by atoms with Crippen LogP contribution in [0.15, 0.2) is 66.6 Å². The van der Waals surface area contributed by atoms with Crippen molar-refractivity contribution in [3.63, 3.8) is 0 Å². The van der Waals surface area contributed by atoms with E-state index in [0.29, 0.717) is 120 Å². The largest absolute Gasteiger partial charge is 0.481 e. The lowest BCUT2D eigenvalue weighted by atomic mass is 9.48. The molecule has 0 radical (unpaired) electrons. The third-order valence-electron chi connectivity index (χ3n) is 48.7. The fourth-order valence-corrected chi connectivity index (χ4v) is 38.7. The van der Waals surface area contributed by atoms with Gasteiger partial charge in [0.2, 0.25) is 0 Å². The molecule has 0 bridgehead atoms. The fraction of sp³-hybridized carbons (Fsp3) is 0.868. The minimum Gasteiger partial charge on any atom is -0.481 e. The van der Waals surface area contributed by atoms with Crippen molar-refractivity contribution in [1.82, 2.24) is 19.6 Å². The zero-order valence-corrected chi connectivity index (χ0v) is 93.0. The van der Waals surface area contributed by atoms with Gasteiger partial charge in [-0.05, 0) is 322 Å². The number of hydrogen-bond acceptors (Lipinski definition) is 20. The summed E-state index contributed by atoms with van der Waals surface area (Å²) in [6.45, 7) is 48.9. The van der Waals surface area contributed by atoms with E-state index in [1.165, 1.54) is 54.4 Å². The van der Waals surface area contributed by atoms with Crippen LogP contribution in [0.4, 0.5) is 0 Å². The SMILES string of the molecule is CC1=N[C@H]2CC=C3C[C@H]4C(=O)C[C@]5(C)[C@@H]([C@H](C)N(C)C)[C@H](O)C[C@@]5(C)[C@@H]4CC[C@H]3[C@]2(C)CO1.CCC1=N[C@H]2CC=C3C[C@H]4C(=O)C[C@]5(C)[C@@H]([C@H](C)N(C)C)[C@H](O)C[C@@]5(C)[C@@H]4CC[C@H]3[C@]2(C)CO1.CC[C@H](C)C1=N[C@H]2CC=C3C[C@H]4C(=O)C[C@]5(C)[C@@H]([C@H](C)N(C)C)[C@H](O)C[C@@]5(C)[C@@H]4CC[C@H]3[C@]2(C)CO1.C[C@@H]([C@H]1[C@H](O)C[C@@]2(C)[C@@H]3CC[C@@H]4C(=CC[C@@H]5N=C(C6CCCCC6)OC[C@]54C)C[C@H]3C(=O)C[C@]12C)N(C)C. The van der Waals surface area contributed by atoms with E-state index < -0.39 is 0 Å². The van der Waals surface area contributed by atoms with E-state index in [0.717, 1.165) is 191 Å². The Bertz CT molecular complexity index is 4980. The molecule has 20 nitrogen and oxygen atoms in total. The monoisotopic (exact) mass is 1950 g/mol. The van der Waals surface area contributed by atoms with E-state index >= 15 is 0 Å². The van der Waals surface area contributed by atoms with Gasteiger partial charge in [-0.3, -0.25) is 39.1 Å². The molecule has 141 heavy (non-hydrogen) atoms. The Morgan fingerprint density at radius 1 is 0.355 bits per heavy atom. The van der Waals surface area contributed by atoms with Crippen molar-refractivity contribution in [2.75, 3.05) is 82.8 Å². The van der Waals surface area contributed by atoms with Gasteiger partial charge in [0.1, 0.15) is 23.1 Å². The Balaban J connectivity index is 0.000000124. The number of ether oxygens (including phenoxy) is 4. The normalized spacial score (nSPS) is 48.7. The molecule has 0 spiro atoms. The molecule has 0 aromatic heterocycles. The van der Waals surface area contributed by atoms with Crippen molar-refractivity contribution in [2.24, 2.45) is 191 Å². The molecule has 0 unspecified atom stereocenters. The lowest BCUT2D eigenvalue weighted by Crippen LogP contribution is -2.55. The van der Waals surface area contributed by atoms with Crippen molar-refractivity contribution < 1.29 is 58.6 Å². The van der Waals surface area contributed by atoms with E-state index in [-0.39, 0.29) is 173 Å². The molecule has 17 aliphatic carbocycles. The molecular formula is C121H192N8O12. The smallest absolute Gasteiger partial charge is 0.186 e. The van der Waals surface area contributed by atoms with Crippen LogP contribution in [0.2, 0.25) is 0 Å². The van der Waals surface area contributed by atoms with Gasteiger partial charge in [0.25, 0.3) is 0 Å². The second-order valence-electron chi connectivity index (χ2n) is 55.5. The maximum Gasteiger partial charge on any atom is 0.186 e. The highest BCUT2D eigenvalue weighted by atomic mass is 16.5. The molecule has 4 N–H and O–H groups in total. The number of aliphatic hydroxyl groups is 4. The zero-order chi connectivity index (χ0) is 102. The number of ketones is 4. The molecule has 0 aromatic rings. The number of fused-ring (bicyclic) bond motifs is 24. The molecule has 0 saturated heterocycles. The van der Waals surface area contributed by atoms with Gasteiger partial charge in [0.05, 0.1) is 75.0 Å². The first kappa shape index (κ1) is 106. The van der Waals surface area contributed by atoms with Crippen LogP contribution in [0.3, 0.4) is 0 Å². The quantitative estimate of drug-likeness (QED) is 0.133. The first-order chi connectivity index (χ1) is 66.2. The van der Waals surface area contributed by atoms with Gasteiger partial charge in [-0.25, -0.2) is 0 Å². The van der Waals surface area contributed by atoms with Crippen molar-refractivity contribution in [3.8, 4) is 0 Å². The van der Waals surface area contributed by atoms with Crippen molar-refractivity contribution >= 4 is 46.7 Å². The van der Waals surface area contributed by atoms with Crippen molar-refractivity contribution in [1.29, 1.82) is 0 Å². The van der Waals surface area contributed by atoms with Crippen LogP contribution in [0.25, 0.3) is 0 Å². The van der Waals surface area contributed by atoms with Gasteiger partial charge in [-0.15, -0.1) is 0 Å². The summed E-state index contributed by atoms with van der Waals surface area (Å²) >= 11 is 0. The topological polar surface area (TPSA) is 249 Å². The third kappa shape index (κ3) is 16.7. The maximum atomic E-state index is 14.0. The minimum atomic E-state index is -0.351. The van der Waals surface area contributed by atoms with E-state index in [1.807, 2.05) is 6.92 Å². The van der Waals surface area contributed by atoms with Crippen LogP contribution < -0.4 is 0 Å². The van der Waals surface area contributed by atoms with Crippen molar-refractivity contribution in [2.45, 2.75) is 410 Å². The number of carbonyl (C=O) groups excluding carboxylic acids is 4. The van der Waals surface area contributed by atoms with Crippen LogP contribution in [0.5, 0.6) is 0 Å². The van der Waals surface area contributed by atoms with Crippen molar-refractivity contribution in [3.05, 3.63) is 46.6 Å². The second kappa shape index (κ2) is 38.3. The van der Waals surface area contributed by atoms with Gasteiger partial charge in [0.15, 0.2) is 23.6 Å². The second-order valence-corrected chi connectivity index (χ2v) is 55.5. The Labute approximate surface area is 851 Å². The van der Waals surface area contributed by atoms with Gasteiger partial charge in [0, 0.05) is 144 Å². The Morgan fingerprint density at radius 2 is 0.638 bits per heavy atom. The number of rotatable bonds is 12. The number of hydrogen-bond donors (Lipinski definition) is 4. The zero-order valence-electron chi connectivity index (χ0n) is 93.0. The standard InChI is InChI=1S/C33H52N2O3.C31H50N2O3.C29H46N2O3.C28H44N2O3/c1-20(35(5)6)29-27(37)18-32(3)25-14-13-24-22(16-23(25)26(36)17-33(29,32)4)12-15-28-31(24,2)19-38-30(34-28)21-10-8-7-9-11-21;1-9-18(2)28-32-26-13-10-20-14-21-23(12-11-22(20)29(26,4)17-36-28)30(5)16-25(35)27(19(3)33(7)8)31(30,6)15-24(21)34;1-8-25-30-24-12-9-18-13-19-21(11-10-20(18)27(24,3)16-34-25)28(4)15-23(33)26(17(2)31(6)7)29(28,5)14-22(19)32;1-16(30(6)7)25-23(32)14-27(4)21-10-9-20-18(12-19(21)22(31)13-28(25,27)5)8-11-24-26(20,3)15-33-17(2)29-24/h12,20-21,23-25,27-29,37H,7-11,13-19H2,1-6H3;10,18-19,21-23,25-27,35H,9,11-17H2,1-8H3;9,17,19-21,23-24,26,33H,8,10-16H2,1-7H3;8,16,19-21,23-25,32H,9-15H2,1-7H3/t20-,23+,24+,25+,27+,28-,29-,31-,32-,33+;18-,19-,21+,22+,23+,25+,26-,27-,29-,30-,31+;17-,19+,20+,21+,23+,24-,26-,27-,28-,29+;16-,19+,20+,21+,23+,24-,25-,26-,27-,28+/m0000/s1. The summed E-state index contributed by atoms with van der Waals surface area (Å²) in [6.07, 6.45) is 38.6. The van der Waals surface area contributed by atoms with E-state index in [4.69, 9.17) is 38.9 Å². The van der Waals surface area contributed by atoms with Gasteiger partial charge >= 0.3 is 0 Å². The predicted octanol–water partition coefficient (Wildman–Crippen LogP) is 20.9. The van der Waals surface area contributed by atoms with Gasteiger partial charge in [-0.2, -0.15) is 0 Å². The summed E-state index contributed by atoms with van der Waals surface area (Å²) < 4.78 is 25.0. The number of nitrogens with zero attached hydrogens (tertiary/aromatic N) is 8. The van der Waals surface area contributed by atoms with Gasteiger partial charge in [-0.1, -0.05) is 170 Å². The summed E-state index contributed by atoms with van der Waals surface area (Å²) in [5, 5.41) is 45.6. The van der Waals surface area contributed by atoms with Crippen LogP contribution in [0, 0.1) is 172 Å². The van der Waals surface area contributed by atoms with E-state index in [2.05, 4.69) is 232 Å². The molecule has 788 valence electrons.